The van der Waals surface area contributed by atoms with Crippen molar-refractivity contribution in [3.63, 3.8) is 0 Å². The van der Waals surface area contributed by atoms with E-state index in [1.165, 1.54) is 7.11 Å². The first-order valence-electron chi connectivity index (χ1n) is 7.28. The molecule has 0 saturated carbocycles. The Balaban J connectivity index is 1.75. The molecule has 2 rings (SSSR count). The molecule has 0 spiro atoms. The van der Waals surface area contributed by atoms with Gasteiger partial charge in [-0.3, -0.25) is 4.79 Å². The lowest BCUT2D eigenvalue weighted by molar-refractivity contribution is 0.0914. The van der Waals surface area contributed by atoms with Crippen LogP contribution in [0.4, 0.5) is 4.79 Å². The van der Waals surface area contributed by atoms with Gasteiger partial charge in [-0.15, -0.1) is 0 Å². The van der Waals surface area contributed by atoms with E-state index in [4.69, 9.17) is 4.74 Å². The molecule has 1 aliphatic heterocycles. The maximum atomic E-state index is 12.0. The summed E-state index contributed by atoms with van der Waals surface area (Å²) in [4.78, 5) is 25.1. The van der Waals surface area contributed by atoms with Crippen LogP contribution in [-0.2, 0) is 4.74 Å². The van der Waals surface area contributed by atoms with Crippen molar-refractivity contribution in [3.05, 3.63) is 35.4 Å². The number of methoxy groups -OCH3 is 1. The minimum Gasteiger partial charge on any atom is -0.453 e. The second-order valence-electron chi connectivity index (χ2n) is 5.48. The van der Waals surface area contributed by atoms with E-state index in [0.29, 0.717) is 31.1 Å². The fourth-order valence-electron chi connectivity index (χ4n) is 2.49. The highest BCUT2D eigenvalue weighted by atomic mass is 16.5. The monoisotopic (exact) mass is 290 g/mol. The summed E-state index contributed by atoms with van der Waals surface area (Å²) in [5.74, 6) is 0.380. The summed E-state index contributed by atoms with van der Waals surface area (Å²) in [5, 5.41) is 2.97. The molecule has 1 saturated heterocycles. The van der Waals surface area contributed by atoms with Crippen molar-refractivity contribution in [1.82, 2.24) is 10.2 Å². The fourth-order valence-corrected chi connectivity index (χ4v) is 2.49. The van der Waals surface area contributed by atoms with E-state index < -0.39 is 0 Å². The molecule has 0 aromatic heterocycles. The molecule has 0 unspecified atom stereocenters. The van der Waals surface area contributed by atoms with Crippen LogP contribution in [0.2, 0.25) is 0 Å². The van der Waals surface area contributed by atoms with E-state index in [9.17, 15) is 9.59 Å². The predicted octanol–water partition coefficient (Wildman–Crippen LogP) is 2.20. The molecule has 1 N–H and O–H groups in total. The summed E-state index contributed by atoms with van der Waals surface area (Å²) in [6, 6.07) is 7.54. The predicted molar refractivity (Wildman–Crippen MR) is 80.2 cm³/mol. The standard InChI is InChI=1S/C16H22N2O3/c1-12-3-5-14(6-4-12)15(19)17-11-13-7-9-18(10-8-13)16(20)21-2/h3-6,13H,7-11H2,1-2H3,(H,17,19). The van der Waals surface area contributed by atoms with Crippen molar-refractivity contribution in [3.8, 4) is 0 Å². The summed E-state index contributed by atoms with van der Waals surface area (Å²) in [7, 11) is 1.40. The number of nitrogens with zero attached hydrogens (tertiary/aromatic N) is 1. The maximum Gasteiger partial charge on any atom is 0.409 e. The Kier molecular flexibility index (Phi) is 5.20. The third-order valence-electron chi connectivity index (χ3n) is 3.91. The molecule has 114 valence electrons. The minimum absolute atomic E-state index is 0.0367. The Labute approximate surface area is 125 Å². The highest BCUT2D eigenvalue weighted by Crippen LogP contribution is 2.17. The van der Waals surface area contributed by atoms with Crippen molar-refractivity contribution in [2.45, 2.75) is 19.8 Å². The first-order chi connectivity index (χ1) is 10.1. The molecule has 1 heterocycles. The summed E-state index contributed by atoms with van der Waals surface area (Å²) in [6.45, 7) is 4.04. The van der Waals surface area contributed by atoms with Gasteiger partial charge < -0.3 is 15.0 Å². The van der Waals surface area contributed by atoms with E-state index in [1.54, 1.807) is 4.90 Å². The van der Waals surface area contributed by atoms with E-state index >= 15 is 0 Å². The fraction of sp³-hybridized carbons (Fsp3) is 0.500. The van der Waals surface area contributed by atoms with Crippen molar-refractivity contribution in [1.29, 1.82) is 0 Å². The number of ether oxygens (including phenoxy) is 1. The van der Waals surface area contributed by atoms with E-state index in [0.717, 1.165) is 18.4 Å². The Bertz CT molecular complexity index is 491. The lowest BCUT2D eigenvalue weighted by Crippen LogP contribution is -2.41. The molecule has 1 aromatic carbocycles. The number of likely N-dealkylation sites (tertiary alicyclic amines) is 1. The van der Waals surface area contributed by atoms with Crippen LogP contribution in [0.25, 0.3) is 0 Å². The lowest BCUT2D eigenvalue weighted by Gasteiger charge is -2.30. The van der Waals surface area contributed by atoms with Gasteiger partial charge in [0.1, 0.15) is 0 Å². The molecule has 5 nitrogen and oxygen atoms in total. The van der Waals surface area contributed by atoms with Crippen molar-refractivity contribution >= 4 is 12.0 Å². The molecule has 2 amide bonds. The number of hydrogen-bond acceptors (Lipinski definition) is 3. The number of carbonyl (C=O) groups excluding carboxylic acids is 2. The third-order valence-corrected chi connectivity index (χ3v) is 3.91. The van der Waals surface area contributed by atoms with Gasteiger partial charge in [-0.05, 0) is 37.8 Å². The van der Waals surface area contributed by atoms with Crippen LogP contribution in [0.5, 0.6) is 0 Å². The van der Waals surface area contributed by atoms with Gasteiger partial charge in [0.25, 0.3) is 5.91 Å². The van der Waals surface area contributed by atoms with Crippen molar-refractivity contribution in [2.75, 3.05) is 26.7 Å². The highest BCUT2D eigenvalue weighted by molar-refractivity contribution is 5.94. The molecule has 5 heteroatoms. The summed E-state index contributed by atoms with van der Waals surface area (Å²) >= 11 is 0. The first-order valence-corrected chi connectivity index (χ1v) is 7.28. The van der Waals surface area contributed by atoms with Crippen LogP contribution in [0.1, 0.15) is 28.8 Å². The average Bonchev–Trinajstić information content (AvgIpc) is 2.53. The topological polar surface area (TPSA) is 58.6 Å². The summed E-state index contributed by atoms with van der Waals surface area (Å²) < 4.78 is 4.71. The number of nitrogens with one attached hydrogen (secondary N) is 1. The van der Waals surface area contributed by atoms with Crippen LogP contribution < -0.4 is 5.32 Å². The number of rotatable bonds is 3. The van der Waals surface area contributed by atoms with E-state index in [1.807, 2.05) is 31.2 Å². The Morgan fingerprint density at radius 3 is 2.43 bits per heavy atom. The molecule has 1 fully saturated rings. The van der Waals surface area contributed by atoms with Gasteiger partial charge >= 0.3 is 6.09 Å². The van der Waals surface area contributed by atoms with Gasteiger partial charge in [-0.1, -0.05) is 17.7 Å². The van der Waals surface area contributed by atoms with Crippen LogP contribution in [-0.4, -0.2) is 43.6 Å². The molecular formula is C16H22N2O3. The first kappa shape index (κ1) is 15.4. The SMILES string of the molecule is COC(=O)N1CCC(CNC(=O)c2ccc(C)cc2)CC1. The largest absolute Gasteiger partial charge is 0.453 e. The molecule has 0 bridgehead atoms. The maximum absolute atomic E-state index is 12.0. The van der Waals surface area contributed by atoms with E-state index in [2.05, 4.69) is 5.32 Å². The van der Waals surface area contributed by atoms with Crippen LogP contribution in [0.15, 0.2) is 24.3 Å². The van der Waals surface area contributed by atoms with Gasteiger partial charge in [0, 0.05) is 25.2 Å². The molecule has 0 radical (unpaired) electrons. The Morgan fingerprint density at radius 1 is 1.24 bits per heavy atom. The second kappa shape index (κ2) is 7.11. The number of amides is 2. The zero-order valence-corrected chi connectivity index (χ0v) is 12.6. The van der Waals surface area contributed by atoms with Gasteiger partial charge in [0.15, 0.2) is 0 Å². The Hall–Kier alpha value is -2.04. The average molecular weight is 290 g/mol. The normalized spacial score (nSPS) is 15.6. The number of benzene rings is 1. The van der Waals surface area contributed by atoms with Gasteiger partial charge in [0.2, 0.25) is 0 Å². The minimum atomic E-state index is -0.267. The molecule has 1 aliphatic rings. The summed E-state index contributed by atoms with van der Waals surface area (Å²) in [5.41, 5.74) is 1.83. The number of piperidine rings is 1. The lowest BCUT2D eigenvalue weighted by atomic mass is 9.97. The number of carbonyl (C=O) groups is 2. The smallest absolute Gasteiger partial charge is 0.409 e. The van der Waals surface area contributed by atoms with Gasteiger partial charge in [-0.2, -0.15) is 0 Å². The number of hydrogen-bond donors (Lipinski definition) is 1. The summed E-state index contributed by atoms with van der Waals surface area (Å²) in [6.07, 6.45) is 1.52. The second-order valence-corrected chi connectivity index (χ2v) is 5.48. The third kappa shape index (κ3) is 4.21. The zero-order valence-electron chi connectivity index (χ0n) is 12.6. The molecular weight excluding hydrogens is 268 g/mol. The van der Waals surface area contributed by atoms with Crippen molar-refractivity contribution in [2.24, 2.45) is 5.92 Å². The molecule has 21 heavy (non-hydrogen) atoms. The van der Waals surface area contributed by atoms with Crippen molar-refractivity contribution < 1.29 is 14.3 Å². The highest BCUT2D eigenvalue weighted by Gasteiger charge is 2.23. The van der Waals surface area contributed by atoms with Crippen LogP contribution in [0, 0.1) is 12.8 Å². The van der Waals surface area contributed by atoms with Gasteiger partial charge in [-0.25, -0.2) is 4.79 Å². The Morgan fingerprint density at radius 2 is 1.86 bits per heavy atom. The quantitative estimate of drug-likeness (QED) is 0.928. The zero-order chi connectivity index (χ0) is 15.2. The molecule has 0 atom stereocenters. The number of aryl methyl sites for hydroxylation is 1. The molecule has 0 aliphatic carbocycles. The van der Waals surface area contributed by atoms with E-state index in [-0.39, 0.29) is 12.0 Å². The van der Waals surface area contributed by atoms with Gasteiger partial charge in [0.05, 0.1) is 7.11 Å². The molecule has 1 aromatic rings. The van der Waals surface area contributed by atoms with Crippen LogP contribution >= 0.6 is 0 Å². The van der Waals surface area contributed by atoms with Crippen LogP contribution in [0.3, 0.4) is 0 Å².